The number of hydrogen-bond acceptors (Lipinski definition) is 4. The van der Waals surface area contributed by atoms with Crippen LogP contribution in [0.15, 0.2) is 24.3 Å². The minimum atomic E-state index is -0.667. The molecule has 2 amide bonds. The van der Waals surface area contributed by atoms with Gasteiger partial charge in [-0.3, -0.25) is 4.79 Å². The van der Waals surface area contributed by atoms with Gasteiger partial charge in [0.2, 0.25) is 5.91 Å². The fourth-order valence-electron chi connectivity index (χ4n) is 1.83. The molecule has 5 nitrogen and oxygen atoms in total. The van der Waals surface area contributed by atoms with Crippen LogP contribution in [-0.2, 0) is 9.53 Å². The van der Waals surface area contributed by atoms with Gasteiger partial charge in [-0.05, 0) is 51.0 Å². The Kier molecular flexibility index (Phi) is 5.97. The van der Waals surface area contributed by atoms with E-state index in [-0.39, 0.29) is 18.2 Å². The summed E-state index contributed by atoms with van der Waals surface area (Å²) in [6.07, 6.45) is -0.394. The lowest BCUT2D eigenvalue weighted by Gasteiger charge is -2.26. The third-order valence-corrected chi connectivity index (χ3v) is 2.74. The molecule has 0 saturated heterocycles. The summed E-state index contributed by atoms with van der Waals surface area (Å²) >= 11 is 0. The Morgan fingerprint density at radius 1 is 1.14 bits per heavy atom. The molecule has 0 fully saturated rings. The number of anilines is 1. The summed E-state index contributed by atoms with van der Waals surface area (Å²) in [7, 11) is 1.56. The molecule has 0 bridgehead atoms. The van der Waals surface area contributed by atoms with Crippen LogP contribution in [0.1, 0.15) is 41.0 Å². The van der Waals surface area contributed by atoms with Crippen LogP contribution in [0.3, 0.4) is 0 Å². The first kappa shape index (κ1) is 18.0. The van der Waals surface area contributed by atoms with Gasteiger partial charge < -0.3 is 9.47 Å². The number of benzene rings is 1. The summed E-state index contributed by atoms with van der Waals surface area (Å²) in [5.41, 5.74) is -0.194. The lowest BCUT2D eigenvalue weighted by atomic mass is 10.1. The molecule has 1 aromatic carbocycles. The van der Waals surface area contributed by atoms with Crippen LogP contribution < -0.4 is 9.64 Å². The second kappa shape index (κ2) is 7.29. The molecule has 0 radical (unpaired) electrons. The fourth-order valence-corrected chi connectivity index (χ4v) is 1.83. The van der Waals surface area contributed by atoms with E-state index < -0.39 is 11.7 Å². The zero-order chi connectivity index (χ0) is 16.9. The Labute approximate surface area is 132 Å². The summed E-state index contributed by atoms with van der Waals surface area (Å²) in [5.74, 6) is 0.522. The van der Waals surface area contributed by atoms with Crippen molar-refractivity contribution in [1.29, 1.82) is 0 Å². The van der Waals surface area contributed by atoms with Crippen molar-refractivity contribution >= 4 is 17.7 Å². The number of methoxy groups -OCH3 is 1. The molecule has 1 aromatic rings. The van der Waals surface area contributed by atoms with E-state index in [1.807, 2.05) is 13.8 Å². The van der Waals surface area contributed by atoms with E-state index in [4.69, 9.17) is 9.47 Å². The lowest BCUT2D eigenvalue weighted by molar-refractivity contribution is -0.119. The van der Waals surface area contributed by atoms with Gasteiger partial charge in [0.1, 0.15) is 11.4 Å². The molecule has 0 heterocycles. The van der Waals surface area contributed by atoms with Crippen molar-refractivity contribution in [3.05, 3.63) is 24.3 Å². The molecule has 0 atom stereocenters. The number of amides is 2. The predicted molar refractivity (Wildman–Crippen MR) is 86.2 cm³/mol. The van der Waals surface area contributed by atoms with E-state index in [0.717, 1.165) is 4.90 Å². The molecule has 0 saturated carbocycles. The molecule has 0 aliphatic rings. The van der Waals surface area contributed by atoms with Crippen molar-refractivity contribution in [2.75, 3.05) is 12.0 Å². The zero-order valence-electron chi connectivity index (χ0n) is 14.2. The van der Waals surface area contributed by atoms with Crippen LogP contribution in [0.25, 0.3) is 0 Å². The quantitative estimate of drug-likeness (QED) is 0.843. The Hall–Kier alpha value is -2.04. The van der Waals surface area contributed by atoms with Crippen LogP contribution >= 0.6 is 0 Å². The highest BCUT2D eigenvalue weighted by Gasteiger charge is 2.28. The molecule has 0 unspecified atom stereocenters. The normalized spacial score (nSPS) is 11.2. The SMILES string of the molecule is COc1ccc(N(C(=O)CC(C)C)C(=O)OC(C)(C)C)cc1. The first-order valence-electron chi connectivity index (χ1n) is 7.34. The molecule has 0 spiro atoms. The highest BCUT2D eigenvalue weighted by Crippen LogP contribution is 2.23. The minimum Gasteiger partial charge on any atom is -0.497 e. The van der Waals surface area contributed by atoms with Gasteiger partial charge in [-0.2, -0.15) is 0 Å². The Morgan fingerprint density at radius 2 is 1.68 bits per heavy atom. The second-order valence-corrected chi connectivity index (χ2v) is 6.51. The largest absolute Gasteiger partial charge is 0.497 e. The second-order valence-electron chi connectivity index (χ2n) is 6.51. The van der Waals surface area contributed by atoms with Crippen molar-refractivity contribution in [3.63, 3.8) is 0 Å². The number of imide groups is 1. The molecule has 0 aliphatic carbocycles. The number of hydrogen-bond donors (Lipinski definition) is 0. The fraction of sp³-hybridized carbons (Fsp3) is 0.529. The van der Waals surface area contributed by atoms with E-state index >= 15 is 0 Å². The van der Waals surface area contributed by atoms with Crippen LogP contribution in [0.5, 0.6) is 5.75 Å². The average molecular weight is 307 g/mol. The molecule has 0 aliphatic heterocycles. The van der Waals surface area contributed by atoms with Gasteiger partial charge in [-0.25, -0.2) is 9.69 Å². The van der Waals surface area contributed by atoms with Crippen LogP contribution in [0.4, 0.5) is 10.5 Å². The predicted octanol–water partition coefficient (Wildman–Crippen LogP) is 4.01. The van der Waals surface area contributed by atoms with Crippen LogP contribution in [0, 0.1) is 5.92 Å². The van der Waals surface area contributed by atoms with Crippen molar-refractivity contribution in [2.24, 2.45) is 5.92 Å². The molecule has 122 valence electrons. The summed E-state index contributed by atoms with van der Waals surface area (Å²) in [6.45, 7) is 9.16. The Bertz CT molecular complexity index is 514. The average Bonchev–Trinajstić information content (AvgIpc) is 2.36. The Balaban J connectivity index is 3.09. The minimum absolute atomic E-state index is 0.149. The van der Waals surface area contributed by atoms with Gasteiger partial charge in [0.15, 0.2) is 0 Å². The first-order valence-corrected chi connectivity index (χ1v) is 7.34. The molecule has 5 heteroatoms. The summed E-state index contributed by atoms with van der Waals surface area (Å²) < 4.78 is 10.4. The van der Waals surface area contributed by atoms with Gasteiger partial charge >= 0.3 is 6.09 Å². The summed E-state index contributed by atoms with van der Waals surface area (Å²) in [4.78, 5) is 25.9. The third-order valence-electron chi connectivity index (χ3n) is 2.74. The van der Waals surface area contributed by atoms with Crippen LogP contribution in [-0.4, -0.2) is 24.7 Å². The monoisotopic (exact) mass is 307 g/mol. The molecule has 22 heavy (non-hydrogen) atoms. The number of rotatable bonds is 4. The van der Waals surface area contributed by atoms with Crippen molar-refractivity contribution in [2.45, 2.75) is 46.6 Å². The van der Waals surface area contributed by atoms with Gasteiger partial charge in [0.05, 0.1) is 12.8 Å². The number of ether oxygens (including phenoxy) is 2. The number of nitrogens with zero attached hydrogens (tertiary/aromatic N) is 1. The standard InChI is InChI=1S/C17H25NO4/c1-12(2)11-15(19)18(16(20)22-17(3,4)5)13-7-9-14(21-6)10-8-13/h7-10,12H,11H2,1-6H3. The number of carbonyl (C=O) groups excluding carboxylic acids is 2. The van der Waals surface area contributed by atoms with E-state index in [0.29, 0.717) is 11.4 Å². The van der Waals surface area contributed by atoms with Gasteiger partial charge in [-0.15, -0.1) is 0 Å². The molecular weight excluding hydrogens is 282 g/mol. The maximum absolute atomic E-state index is 12.4. The van der Waals surface area contributed by atoms with E-state index in [2.05, 4.69) is 0 Å². The number of carbonyl (C=O) groups is 2. The molecule has 0 aromatic heterocycles. The van der Waals surface area contributed by atoms with E-state index in [1.165, 1.54) is 0 Å². The smallest absolute Gasteiger partial charge is 0.421 e. The van der Waals surface area contributed by atoms with Crippen molar-refractivity contribution < 1.29 is 19.1 Å². The molecular formula is C17H25NO4. The lowest BCUT2D eigenvalue weighted by Crippen LogP contribution is -2.41. The van der Waals surface area contributed by atoms with E-state index in [9.17, 15) is 9.59 Å². The van der Waals surface area contributed by atoms with Crippen LogP contribution in [0.2, 0.25) is 0 Å². The topological polar surface area (TPSA) is 55.8 Å². The highest BCUT2D eigenvalue weighted by atomic mass is 16.6. The van der Waals surface area contributed by atoms with Gasteiger partial charge in [0, 0.05) is 6.42 Å². The van der Waals surface area contributed by atoms with Crippen molar-refractivity contribution in [3.8, 4) is 5.75 Å². The molecule has 0 N–H and O–H groups in total. The summed E-state index contributed by atoms with van der Waals surface area (Å²) in [5, 5.41) is 0. The van der Waals surface area contributed by atoms with Gasteiger partial charge in [-0.1, -0.05) is 13.8 Å². The van der Waals surface area contributed by atoms with E-state index in [1.54, 1.807) is 52.1 Å². The Morgan fingerprint density at radius 3 is 2.09 bits per heavy atom. The maximum atomic E-state index is 12.4. The summed E-state index contributed by atoms with van der Waals surface area (Å²) in [6, 6.07) is 6.74. The molecule has 1 rings (SSSR count). The first-order chi connectivity index (χ1) is 10.1. The van der Waals surface area contributed by atoms with Gasteiger partial charge in [0.25, 0.3) is 0 Å². The highest BCUT2D eigenvalue weighted by molar-refractivity contribution is 6.12. The maximum Gasteiger partial charge on any atom is 0.421 e. The zero-order valence-corrected chi connectivity index (χ0v) is 14.2. The third kappa shape index (κ3) is 5.39. The van der Waals surface area contributed by atoms with Crippen molar-refractivity contribution in [1.82, 2.24) is 0 Å².